The average molecular weight is 243 g/mol. The van der Waals surface area contributed by atoms with E-state index in [2.05, 4.69) is 62.2 Å². The van der Waals surface area contributed by atoms with Crippen LogP contribution in [0.3, 0.4) is 0 Å². The van der Waals surface area contributed by atoms with Crippen molar-refractivity contribution in [1.82, 2.24) is 5.32 Å². The maximum absolute atomic E-state index is 3.42. The van der Waals surface area contributed by atoms with Crippen LogP contribution in [0.1, 0.15) is 57.7 Å². The Bertz CT molecular complexity index is 429. The van der Waals surface area contributed by atoms with Gasteiger partial charge in [-0.3, -0.25) is 0 Å². The van der Waals surface area contributed by atoms with Crippen LogP contribution in [0.15, 0.2) is 24.3 Å². The SMILES string of the molecule is CC#CCCC(NC)c1ccccc1C(C)(C)C. The largest absolute Gasteiger partial charge is 0.313 e. The van der Waals surface area contributed by atoms with E-state index in [1.807, 2.05) is 14.0 Å². The van der Waals surface area contributed by atoms with Gasteiger partial charge in [-0.05, 0) is 36.9 Å². The smallest absolute Gasteiger partial charge is 0.0329 e. The van der Waals surface area contributed by atoms with Gasteiger partial charge in [-0.15, -0.1) is 11.8 Å². The maximum Gasteiger partial charge on any atom is 0.0329 e. The Morgan fingerprint density at radius 1 is 1.22 bits per heavy atom. The lowest BCUT2D eigenvalue weighted by atomic mass is 9.81. The normalized spacial score (nSPS) is 12.7. The van der Waals surface area contributed by atoms with Crippen LogP contribution in [0, 0.1) is 11.8 Å². The van der Waals surface area contributed by atoms with E-state index in [0.29, 0.717) is 6.04 Å². The van der Waals surface area contributed by atoms with Gasteiger partial charge in [-0.1, -0.05) is 45.0 Å². The first-order valence-corrected chi connectivity index (χ1v) is 6.67. The molecule has 0 aromatic heterocycles. The molecule has 1 rings (SSSR count). The Morgan fingerprint density at radius 2 is 1.89 bits per heavy atom. The van der Waals surface area contributed by atoms with Gasteiger partial charge in [0.25, 0.3) is 0 Å². The highest BCUT2D eigenvalue weighted by molar-refractivity contribution is 5.35. The molecule has 1 heteroatoms. The molecule has 1 N–H and O–H groups in total. The van der Waals surface area contributed by atoms with Crippen molar-refractivity contribution in [3.8, 4) is 11.8 Å². The van der Waals surface area contributed by atoms with Crippen molar-refractivity contribution >= 4 is 0 Å². The zero-order valence-corrected chi connectivity index (χ0v) is 12.3. The summed E-state index contributed by atoms with van der Waals surface area (Å²) in [5, 5.41) is 3.42. The first kappa shape index (κ1) is 14.8. The van der Waals surface area contributed by atoms with E-state index in [-0.39, 0.29) is 5.41 Å². The van der Waals surface area contributed by atoms with Gasteiger partial charge >= 0.3 is 0 Å². The van der Waals surface area contributed by atoms with E-state index < -0.39 is 0 Å². The Labute approximate surface area is 112 Å². The summed E-state index contributed by atoms with van der Waals surface area (Å²) in [6.07, 6.45) is 2.00. The van der Waals surface area contributed by atoms with Gasteiger partial charge in [0, 0.05) is 12.5 Å². The highest BCUT2D eigenvalue weighted by atomic mass is 14.9. The molecule has 1 atom stereocenters. The third-order valence-corrected chi connectivity index (χ3v) is 3.23. The van der Waals surface area contributed by atoms with E-state index in [4.69, 9.17) is 0 Å². The molecule has 0 heterocycles. The van der Waals surface area contributed by atoms with Crippen molar-refractivity contribution in [2.45, 2.75) is 52.0 Å². The number of rotatable bonds is 4. The van der Waals surface area contributed by atoms with E-state index in [1.54, 1.807) is 0 Å². The molecule has 1 unspecified atom stereocenters. The Balaban J connectivity index is 3.00. The topological polar surface area (TPSA) is 12.0 Å². The fourth-order valence-electron chi connectivity index (χ4n) is 2.28. The summed E-state index contributed by atoms with van der Waals surface area (Å²) in [6, 6.07) is 9.12. The second-order valence-electron chi connectivity index (χ2n) is 5.64. The molecule has 0 saturated heterocycles. The summed E-state index contributed by atoms with van der Waals surface area (Å²) in [4.78, 5) is 0. The van der Waals surface area contributed by atoms with Crippen LogP contribution in [0.5, 0.6) is 0 Å². The van der Waals surface area contributed by atoms with Crippen molar-refractivity contribution in [2.24, 2.45) is 0 Å². The summed E-state index contributed by atoms with van der Waals surface area (Å²) < 4.78 is 0. The van der Waals surface area contributed by atoms with Crippen LogP contribution >= 0.6 is 0 Å². The molecule has 18 heavy (non-hydrogen) atoms. The van der Waals surface area contributed by atoms with Gasteiger partial charge in [0.1, 0.15) is 0 Å². The molecule has 98 valence electrons. The highest BCUT2D eigenvalue weighted by Crippen LogP contribution is 2.31. The fraction of sp³-hybridized carbons (Fsp3) is 0.529. The molecule has 0 aliphatic heterocycles. The van der Waals surface area contributed by atoms with Crippen LogP contribution in [0.25, 0.3) is 0 Å². The average Bonchev–Trinajstić information content (AvgIpc) is 2.34. The zero-order valence-electron chi connectivity index (χ0n) is 12.3. The van der Waals surface area contributed by atoms with Crippen molar-refractivity contribution in [3.05, 3.63) is 35.4 Å². The number of hydrogen-bond acceptors (Lipinski definition) is 1. The molecule has 1 aromatic carbocycles. The molecule has 0 aliphatic rings. The molecule has 0 radical (unpaired) electrons. The van der Waals surface area contributed by atoms with Gasteiger partial charge in [0.2, 0.25) is 0 Å². The van der Waals surface area contributed by atoms with Crippen LogP contribution in [0.2, 0.25) is 0 Å². The van der Waals surface area contributed by atoms with Crippen LogP contribution in [-0.4, -0.2) is 7.05 Å². The molecule has 0 fully saturated rings. The van der Waals surface area contributed by atoms with Gasteiger partial charge in [-0.25, -0.2) is 0 Å². The summed E-state index contributed by atoms with van der Waals surface area (Å²) in [5.74, 6) is 6.12. The fourth-order valence-corrected chi connectivity index (χ4v) is 2.28. The Morgan fingerprint density at radius 3 is 2.44 bits per heavy atom. The molecular formula is C17H25N. The molecule has 0 saturated carbocycles. The Hall–Kier alpha value is -1.26. The summed E-state index contributed by atoms with van der Waals surface area (Å²) in [5.41, 5.74) is 3.02. The maximum atomic E-state index is 3.42. The van der Waals surface area contributed by atoms with E-state index >= 15 is 0 Å². The van der Waals surface area contributed by atoms with Gasteiger partial charge in [0.15, 0.2) is 0 Å². The minimum atomic E-state index is 0.183. The minimum Gasteiger partial charge on any atom is -0.313 e. The summed E-state index contributed by atoms with van der Waals surface area (Å²) in [6.45, 7) is 8.71. The molecule has 1 nitrogen and oxygen atoms in total. The second kappa shape index (κ2) is 6.61. The predicted molar refractivity (Wildman–Crippen MR) is 79.6 cm³/mol. The third-order valence-electron chi connectivity index (χ3n) is 3.23. The monoisotopic (exact) mass is 243 g/mol. The number of nitrogens with one attached hydrogen (secondary N) is 1. The predicted octanol–water partition coefficient (Wildman–Crippen LogP) is 4.05. The summed E-state index contributed by atoms with van der Waals surface area (Å²) in [7, 11) is 2.03. The zero-order chi connectivity index (χ0) is 13.6. The molecular weight excluding hydrogens is 218 g/mol. The molecule has 0 bridgehead atoms. The number of benzene rings is 1. The molecule has 0 amide bonds. The highest BCUT2D eigenvalue weighted by Gasteiger charge is 2.21. The molecule has 1 aromatic rings. The minimum absolute atomic E-state index is 0.183. The lowest BCUT2D eigenvalue weighted by molar-refractivity contribution is 0.522. The quantitative estimate of drug-likeness (QED) is 0.787. The van der Waals surface area contributed by atoms with Crippen molar-refractivity contribution in [2.75, 3.05) is 7.05 Å². The molecule has 0 spiro atoms. The number of hydrogen-bond donors (Lipinski definition) is 1. The first-order valence-electron chi connectivity index (χ1n) is 6.67. The third kappa shape index (κ3) is 3.89. The van der Waals surface area contributed by atoms with Crippen LogP contribution in [-0.2, 0) is 5.41 Å². The molecule has 0 aliphatic carbocycles. The van der Waals surface area contributed by atoms with E-state index in [0.717, 1.165) is 12.8 Å². The lowest BCUT2D eigenvalue weighted by Crippen LogP contribution is -2.22. The van der Waals surface area contributed by atoms with Crippen molar-refractivity contribution in [1.29, 1.82) is 0 Å². The lowest BCUT2D eigenvalue weighted by Gasteiger charge is -2.27. The van der Waals surface area contributed by atoms with Gasteiger partial charge in [-0.2, -0.15) is 0 Å². The second-order valence-corrected chi connectivity index (χ2v) is 5.64. The van der Waals surface area contributed by atoms with Crippen LogP contribution in [0.4, 0.5) is 0 Å². The van der Waals surface area contributed by atoms with E-state index in [1.165, 1.54) is 11.1 Å². The van der Waals surface area contributed by atoms with Crippen molar-refractivity contribution in [3.63, 3.8) is 0 Å². The van der Waals surface area contributed by atoms with E-state index in [9.17, 15) is 0 Å². The van der Waals surface area contributed by atoms with Gasteiger partial charge < -0.3 is 5.32 Å². The van der Waals surface area contributed by atoms with Crippen LogP contribution < -0.4 is 5.32 Å². The summed E-state index contributed by atoms with van der Waals surface area (Å²) >= 11 is 0. The van der Waals surface area contributed by atoms with Gasteiger partial charge in [0.05, 0.1) is 0 Å². The first-order chi connectivity index (χ1) is 8.50. The standard InChI is InChI=1S/C17H25N/c1-6-7-8-13-16(18-5)14-11-9-10-12-15(14)17(2,3)4/h9-12,16,18H,8,13H2,1-5H3. The van der Waals surface area contributed by atoms with Crippen molar-refractivity contribution < 1.29 is 0 Å². The Kier molecular flexibility index (Phi) is 5.44.